The van der Waals surface area contributed by atoms with Crippen molar-refractivity contribution in [3.63, 3.8) is 0 Å². The molecule has 0 unspecified atom stereocenters. The van der Waals surface area contributed by atoms with Crippen molar-refractivity contribution in [3.05, 3.63) is 58.1 Å². The van der Waals surface area contributed by atoms with Crippen LogP contribution in [-0.4, -0.2) is 46.1 Å². The maximum absolute atomic E-state index is 12.6. The van der Waals surface area contributed by atoms with Gasteiger partial charge in [0.2, 0.25) is 0 Å². The first kappa shape index (κ1) is 23.9. The minimum Gasteiger partial charge on any atom is -1.00 e. The molecule has 2 rings (SSSR count). The van der Waals surface area contributed by atoms with Crippen molar-refractivity contribution in [2.24, 2.45) is 0 Å². The number of hydrogen-bond donors (Lipinski definition) is 3. The Balaban J connectivity index is 0.00000392. The first-order valence-electron chi connectivity index (χ1n) is 8.73. The number of para-hydroxylation sites is 1. The van der Waals surface area contributed by atoms with Crippen molar-refractivity contribution in [1.82, 2.24) is 5.32 Å². The van der Waals surface area contributed by atoms with Gasteiger partial charge in [-0.15, -0.1) is 0 Å². The summed E-state index contributed by atoms with van der Waals surface area (Å²) in [5, 5.41) is 5.72. The number of quaternary nitrogens is 1. The molecule has 3 N–H and O–H groups in total. The lowest BCUT2D eigenvalue weighted by atomic mass is 10.1. The summed E-state index contributed by atoms with van der Waals surface area (Å²) in [7, 11) is 5.71. The second-order valence-electron chi connectivity index (χ2n) is 6.42. The van der Waals surface area contributed by atoms with Gasteiger partial charge in [-0.1, -0.05) is 12.1 Å². The molecule has 8 heteroatoms. The number of anilines is 1. The maximum Gasteiger partial charge on any atom is 0.255 e. The Hall–Kier alpha value is -2.09. The van der Waals surface area contributed by atoms with E-state index in [0.717, 1.165) is 13.0 Å². The van der Waals surface area contributed by atoms with E-state index in [-0.39, 0.29) is 24.2 Å². The number of amides is 2. The SMILES string of the molecule is COc1ccc(C(=O)Nc2ccccc2C(=O)NCCC[NH+](C)C)cc1Br.[Cl-]. The van der Waals surface area contributed by atoms with E-state index in [0.29, 0.717) is 33.6 Å². The highest BCUT2D eigenvalue weighted by Gasteiger charge is 2.15. The fourth-order valence-corrected chi connectivity index (χ4v) is 3.07. The van der Waals surface area contributed by atoms with E-state index in [9.17, 15) is 9.59 Å². The zero-order valence-corrected chi connectivity index (χ0v) is 18.5. The minimum absolute atomic E-state index is 0. The van der Waals surface area contributed by atoms with Gasteiger partial charge in [0, 0.05) is 18.5 Å². The lowest BCUT2D eigenvalue weighted by Crippen LogP contribution is -3.05. The van der Waals surface area contributed by atoms with Crippen molar-refractivity contribution in [2.75, 3.05) is 39.6 Å². The molecule has 0 heterocycles. The van der Waals surface area contributed by atoms with Crippen LogP contribution in [0, 0.1) is 0 Å². The summed E-state index contributed by atoms with van der Waals surface area (Å²) in [6.07, 6.45) is 0.891. The molecule has 0 saturated carbocycles. The molecular weight excluding hydrogens is 446 g/mol. The first-order chi connectivity index (χ1) is 12.9. The van der Waals surface area contributed by atoms with Crippen LogP contribution in [-0.2, 0) is 0 Å². The molecule has 0 spiro atoms. The van der Waals surface area contributed by atoms with E-state index in [4.69, 9.17) is 4.74 Å². The number of hydrogen-bond acceptors (Lipinski definition) is 3. The highest BCUT2D eigenvalue weighted by atomic mass is 79.9. The van der Waals surface area contributed by atoms with Gasteiger partial charge in [-0.3, -0.25) is 9.59 Å². The average Bonchev–Trinajstić information content (AvgIpc) is 2.65. The highest BCUT2D eigenvalue weighted by Crippen LogP contribution is 2.26. The minimum atomic E-state index is -0.296. The van der Waals surface area contributed by atoms with E-state index in [1.54, 1.807) is 49.6 Å². The molecule has 0 aliphatic carbocycles. The number of halogens is 2. The molecule has 0 aromatic heterocycles. The molecule has 0 radical (unpaired) electrons. The van der Waals surface area contributed by atoms with Crippen LogP contribution in [0.1, 0.15) is 27.1 Å². The third-order valence-corrected chi connectivity index (χ3v) is 4.59. The van der Waals surface area contributed by atoms with Gasteiger partial charge in [0.25, 0.3) is 11.8 Å². The number of rotatable bonds is 8. The average molecular weight is 471 g/mol. The molecule has 0 fully saturated rings. The molecule has 0 aliphatic heterocycles. The van der Waals surface area contributed by atoms with Crippen molar-refractivity contribution in [2.45, 2.75) is 6.42 Å². The number of benzene rings is 2. The second-order valence-corrected chi connectivity index (χ2v) is 7.27. The van der Waals surface area contributed by atoms with Crippen LogP contribution < -0.4 is 32.7 Å². The molecule has 2 amide bonds. The van der Waals surface area contributed by atoms with Gasteiger partial charge in [-0.05, 0) is 46.3 Å². The fraction of sp³-hybridized carbons (Fsp3) is 0.300. The predicted octanol–water partition coefficient (Wildman–Crippen LogP) is -1.02. The largest absolute Gasteiger partial charge is 1.00 e. The monoisotopic (exact) mass is 469 g/mol. The molecule has 6 nitrogen and oxygen atoms in total. The zero-order valence-electron chi connectivity index (χ0n) is 16.1. The summed E-state index contributed by atoms with van der Waals surface area (Å²) in [5.74, 6) is 0.149. The van der Waals surface area contributed by atoms with Crippen LogP contribution in [0.5, 0.6) is 5.75 Å². The van der Waals surface area contributed by atoms with E-state index in [1.807, 2.05) is 0 Å². The molecule has 2 aromatic carbocycles. The van der Waals surface area contributed by atoms with Crippen LogP contribution in [0.2, 0.25) is 0 Å². The van der Waals surface area contributed by atoms with Crippen LogP contribution in [0.4, 0.5) is 5.69 Å². The molecule has 0 atom stereocenters. The summed E-state index contributed by atoms with van der Waals surface area (Å²) in [6, 6.07) is 12.0. The smallest absolute Gasteiger partial charge is 0.255 e. The molecule has 28 heavy (non-hydrogen) atoms. The topological polar surface area (TPSA) is 71.9 Å². The van der Waals surface area contributed by atoms with Gasteiger partial charge < -0.3 is 32.7 Å². The molecule has 2 aromatic rings. The van der Waals surface area contributed by atoms with Crippen molar-refractivity contribution >= 4 is 33.4 Å². The maximum atomic E-state index is 12.6. The van der Waals surface area contributed by atoms with Crippen LogP contribution >= 0.6 is 15.9 Å². The van der Waals surface area contributed by atoms with Crippen LogP contribution in [0.3, 0.4) is 0 Å². The van der Waals surface area contributed by atoms with Crippen molar-refractivity contribution in [3.8, 4) is 5.75 Å². The lowest BCUT2D eigenvalue weighted by molar-refractivity contribution is -0.858. The number of carbonyl (C=O) groups is 2. The molecule has 152 valence electrons. The fourth-order valence-electron chi connectivity index (χ4n) is 2.53. The number of nitrogens with one attached hydrogen (secondary N) is 3. The Morgan fingerprint density at radius 3 is 2.46 bits per heavy atom. The third-order valence-electron chi connectivity index (χ3n) is 3.97. The van der Waals surface area contributed by atoms with Crippen molar-refractivity contribution in [1.29, 1.82) is 0 Å². The Morgan fingerprint density at radius 1 is 1.11 bits per heavy atom. The lowest BCUT2D eigenvalue weighted by Gasteiger charge is -2.12. The summed E-state index contributed by atoms with van der Waals surface area (Å²) < 4.78 is 5.86. The Kier molecular flexibility index (Phi) is 9.99. The van der Waals surface area contributed by atoms with Gasteiger partial charge in [0.05, 0.1) is 43.5 Å². The van der Waals surface area contributed by atoms with Crippen molar-refractivity contribution < 1.29 is 31.6 Å². The van der Waals surface area contributed by atoms with E-state index in [2.05, 4.69) is 40.7 Å². The summed E-state index contributed by atoms with van der Waals surface area (Å²) >= 11 is 3.37. The predicted molar refractivity (Wildman–Crippen MR) is 110 cm³/mol. The Bertz CT molecular complexity index is 815. The van der Waals surface area contributed by atoms with E-state index >= 15 is 0 Å². The van der Waals surface area contributed by atoms with Gasteiger partial charge in [-0.2, -0.15) is 0 Å². The standard InChI is InChI=1S/C20H24BrN3O3.ClH/c1-24(2)12-6-11-22-20(26)15-7-4-5-8-17(15)23-19(25)14-9-10-18(27-3)16(21)13-14;/h4-5,7-10,13H,6,11-12H2,1-3H3,(H,22,26)(H,23,25);1H. The van der Waals surface area contributed by atoms with Gasteiger partial charge in [0.15, 0.2) is 0 Å². The Labute approximate surface area is 180 Å². The second kappa shape index (κ2) is 11.7. The Morgan fingerprint density at radius 2 is 1.82 bits per heavy atom. The third kappa shape index (κ3) is 6.82. The normalized spacial score (nSPS) is 10.2. The van der Waals surface area contributed by atoms with Crippen LogP contribution in [0.15, 0.2) is 46.9 Å². The number of carbonyl (C=O) groups excluding carboxylic acids is 2. The van der Waals surface area contributed by atoms with E-state index in [1.165, 1.54) is 4.90 Å². The zero-order chi connectivity index (χ0) is 19.8. The van der Waals surface area contributed by atoms with E-state index < -0.39 is 0 Å². The highest BCUT2D eigenvalue weighted by molar-refractivity contribution is 9.10. The molecular formula is C20H25BrClN3O3. The van der Waals surface area contributed by atoms with Gasteiger partial charge in [0.1, 0.15) is 5.75 Å². The molecule has 0 aliphatic rings. The number of ether oxygens (including phenoxy) is 1. The first-order valence-corrected chi connectivity index (χ1v) is 9.53. The molecule has 0 bridgehead atoms. The summed E-state index contributed by atoms with van der Waals surface area (Å²) in [5.41, 5.74) is 1.38. The van der Waals surface area contributed by atoms with Gasteiger partial charge >= 0.3 is 0 Å². The summed E-state index contributed by atoms with van der Waals surface area (Å²) in [6.45, 7) is 1.57. The van der Waals surface area contributed by atoms with Gasteiger partial charge in [-0.25, -0.2) is 0 Å². The quantitative estimate of drug-likeness (QED) is 0.433. The summed E-state index contributed by atoms with van der Waals surface area (Å²) in [4.78, 5) is 26.4. The van der Waals surface area contributed by atoms with Crippen LogP contribution in [0.25, 0.3) is 0 Å². The molecule has 0 saturated heterocycles. The number of methoxy groups -OCH3 is 1.